The standard InChI is InChI=1S/C60H79IN4O23S3/c1-26-39(47(76-9)51(78-11)48(41(26)61)85-55-46(71)49(77-10)52-57(86-52)87-55)54(72)90-53-29(4)81-38(21-32(53)67)88-65-43-28(3)82-56(50(45(43)70)84-37-22-35(75-8)30(25-80-37)42(63-7)27(2)66)83-34-17-15-13-14-16-19-60(74)23-33(68)44(64-58(73)79-12)40(34)31(60)18-20-89-91-59(5,6)24-36(62)69/h13-14,18,28-30,32,34-35,37-38,42-43,45-46,49-50,52-53,55-57,63,65,67,70-71,74H,20-25H2,1-12H3,(H2,62,69)(H,64,73)/b14-13-,31-18+/t28?,29?,30?,32?,34-,35?,37?,38?,42?,43?,45?,46?,49?,50?,52?,53?,55?,56?,57?,60-/m0/s1. The maximum absolute atomic E-state index is 14.5. The molecule has 0 saturated carbocycles. The highest BCUT2D eigenvalue weighted by Crippen LogP contribution is 2.50. The number of carbonyl (C=O) groups is 5. The molecule has 20 atom stereocenters. The Hall–Kier alpha value is -4.15. The number of epoxide rings is 1. The molecule has 5 aliphatic heterocycles. The van der Waals surface area contributed by atoms with Gasteiger partial charge in [-0.25, -0.2) is 4.79 Å². The van der Waals surface area contributed by atoms with E-state index in [0.717, 1.165) is 18.9 Å². The van der Waals surface area contributed by atoms with E-state index in [0.29, 0.717) is 9.13 Å². The van der Waals surface area contributed by atoms with Gasteiger partial charge in [-0.15, -0.1) is 0 Å². The second kappa shape index (κ2) is 31.6. The highest BCUT2D eigenvalue weighted by atomic mass is 127. The van der Waals surface area contributed by atoms with Crippen LogP contribution in [0.1, 0.15) is 76.2 Å². The van der Waals surface area contributed by atoms with Crippen LogP contribution < -0.4 is 36.1 Å². The van der Waals surface area contributed by atoms with Crippen LogP contribution in [-0.2, 0) is 66.6 Å². The number of aliphatic hydroxyl groups is 4. The van der Waals surface area contributed by atoms with Crippen LogP contribution in [0.15, 0.2) is 35.1 Å². The van der Waals surface area contributed by atoms with Crippen molar-refractivity contribution in [3.05, 3.63) is 49.8 Å². The van der Waals surface area contributed by atoms with E-state index in [1.54, 1.807) is 33.9 Å². The number of hydrogen-bond acceptors (Lipinski definition) is 28. The fraction of sp³-hybridized carbons (Fsp3) is 0.650. The van der Waals surface area contributed by atoms with Gasteiger partial charge in [0.15, 0.2) is 48.0 Å². The van der Waals surface area contributed by atoms with Crippen LogP contribution >= 0.6 is 55.9 Å². The summed E-state index contributed by atoms with van der Waals surface area (Å²) >= 11 is 2.83. The Labute approximate surface area is 553 Å². The van der Waals surface area contributed by atoms with Crippen molar-refractivity contribution in [3.8, 4) is 40.9 Å². The summed E-state index contributed by atoms with van der Waals surface area (Å²) in [6, 6.07) is -1.80. The molecule has 91 heavy (non-hydrogen) atoms. The zero-order chi connectivity index (χ0) is 66.4. The quantitative estimate of drug-likeness (QED) is 0.0174. The fourth-order valence-corrected chi connectivity index (χ4v) is 15.8. The Balaban J connectivity index is 1.04. The van der Waals surface area contributed by atoms with Crippen molar-refractivity contribution < 1.29 is 111 Å². The third-order valence-corrected chi connectivity index (χ3v) is 22.0. The largest absolute Gasteiger partial charge is 0.492 e. The number of amides is 2. The smallest absolute Gasteiger partial charge is 0.411 e. The summed E-state index contributed by atoms with van der Waals surface area (Å²) < 4.78 is 77.8. The first-order chi connectivity index (χ1) is 43.2. The average molecular weight is 1450 g/mol. The van der Waals surface area contributed by atoms with Gasteiger partial charge in [-0.3, -0.25) is 29.3 Å². The number of hydrogen-bond donors (Lipinski definition) is 8. The highest BCUT2D eigenvalue weighted by Gasteiger charge is 2.59. The van der Waals surface area contributed by atoms with Gasteiger partial charge >= 0.3 is 6.09 Å². The molecule has 0 radical (unpaired) electrons. The minimum atomic E-state index is -2.17. The third kappa shape index (κ3) is 16.7. The minimum Gasteiger partial charge on any atom is -0.492 e. The number of carbonyl (C=O) groups excluding carboxylic acids is 5. The molecule has 1 aromatic carbocycles. The van der Waals surface area contributed by atoms with Gasteiger partial charge in [0.25, 0.3) is 0 Å². The summed E-state index contributed by atoms with van der Waals surface area (Å²) in [4.78, 5) is 72.6. The SMILES string of the molecule is CNC(C(C)=O)C1COC(OC2C(O[C@H]3C#C/C=C\C#C[C@]4(O)CC(=O)C(NC(=O)OC)=C3/C4=C\CSSC(C)(C)CC(N)=O)OC(C)C(NOC3CC(O)C(SC(=O)c4c(C)c(I)c(OC5OC6OC6C(OC)C5O)c(OC)c4OC)C(C)O3)C2O)CC1OC. The molecule has 2 bridgehead atoms. The molecule has 9 N–H and O–H groups in total. The average Bonchev–Trinajstić information content (AvgIpc) is 1.76. The molecule has 5 heterocycles. The number of alkyl carbamates (subject to hydrolysis) is 1. The van der Waals surface area contributed by atoms with E-state index < -0.39 is 155 Å². The molecule has 5 fully saturated rings. The van der Waals surface area contributed by atoms with Gasteiger partial charge < -0.3 is 93.1 Å². The van der Waals surface area contributed by atoms with Crippen molar-refractivity contribution in [2.75, 3.05) is 55.0 Å². The fourth-order valence-electron chi connectivity index (χ4n) is 11.7. The topological polar surface area (TPSA) is 361 Å². The number of methoxy groups -OCH3 is 5. The first-order valence-corrected chi connectivity index (χ1v) is 33.4. The van der Waals surface area contributed by atoms with Crippen molar-refractivity contribution in [2.24, 2.45) is 11.7 Å². The number of fused-ring (bicyclic) bond motifs is 3. The molecule has 502 valence electrons. The van der Waals surface area contributed by atoms with Gasteiger partial charge in [0.2, 0.25) is 23.1 Å². The molecule has 0 spiro atoms. The first kappa shape index (κ1) is 72.7. The lowest BCUT2D eigenvalue weighted by Gasteiger charge is -2.47. The minimum absolute atomic E-state index is 0.0200. The zero-order valence-corrected chi connectivity index (χ0v) is 56.8. The predicted molar refractivity (Wildman–Crippen MR) is 337 cm³/mol. The summed E-state index contributed by atoms with van der Waals surface area (Å²) in [5.74, 6) is 9.94. The molecule has 5 saturated heterocycles. The predicted octanol–water partition coefficient (Wildman–Crippen LogP) is 2.36. The molecular formula is C60H79IN4O23S3. The molecule has 8 rings (SSSR count). The molecule has 0 aromatic heterocycles. The summed E-state index contributed by atoms with van der Waals surface area (Å²) in [6.45, 7) is 10.1. The molecule has 18 unspecified atom stereocenters. The van der Waals surface area contributed by atoms with Gasteiger partial charge in [0.05, 0.1) is 90.9 Å². The summed E-state index contributed by atoms with van der Waals surface area (Å²) in [7, 11) is 11.1. The number of primary amides is 1. The van der Waals surface area contributed by atoms with Gasteiger partial charge in [0.1, 0.15) is 42.4 Å². The van der Waals surface area contributed by atoms with Crippen molar-refractivity contribution in [1.82, 2.24) is 16.1 Å². The van der Waals surface area contributed by atoms with Crippen molar-refractivity contribution in [3.63, 3.8) is 0 Å². The van der Waals surface area contributed by atoms with Crippen LogP contribution in [0.3, 0.4) is 0 Å². The molecule has 27 nitrogen and oxygen atoms in total. The van der Waals surface area contributed by atoms with Gasteiger partial charge in [-0.1, -0.05) is 63.1 Å². The number of Topliss-reactive ketones (excluding diaryl/α,β-unsaturated/α-hetero) is 2. The number of thioether (sulfide) groups is 1. The van der Waals surface area contributed by atoms with Crippen molar-refractivity contribution >= 4 is 84.6 Å². The van der Waals surface area contributed by atoms with E-state index in [1.165, 1.54) is 69.1 Å². The van der Waals surface area contributed by atoms with Gasteiger partial charge in [-0.05, 0) is 88.9 Å². The maximum Gasteiger partial charge on any atom is 0.411 e. The Morgan fingerprint density at radius 1 is 0.923 bits per heavy atom. The Bertz CT molecular complexity index is 3090. The number of nitrogens with one attached hydrogen (secondary N) is 3. The van der Waals surface area contributed by atoms with Crippen LogP contribution in [0.2, 0.25) is 0 Å². The number of halogens is 1. The summed E-state index contributed by atoms with van der Waals surface area (Å²) in [6.07, 6.45) is -13.9. The molecular weight excluding hydrogens is 1370 g/mol. The Morgan fingerprint density at radius 3 is 2.30 bits per heavy atom. The van der Waals surface area contributed by atoms with E-state index in [1.807, 2.05) is 36.4 Å². The van der Waals surface area contributed by atoms with E-state index in [4.69, 9.17) is 72.2 Å². The van der Waals surface area contributed by atoms with Crippen molar-refractivity contribution in [2.45, 2.75) is 187 Å². The second-order valence-electron chi connectivity index (χ2n) is 23.0. The van der Waals surface area contributed by atoms with Crippen LogP contribution in [0.5, 0.6) is 17.2 Å². The maximum atomic E-state index is 14.5. The van der Waals surface area contributed by atoms with E-state index in [9.17, 15) is 44.4 Å². The van der Waals surface area contributed by atoms with E-state index in [2.05, 4.69) is 39.8 Å². The lowest BCUT2D eigenvalue weighted by Crippen LogP contribution is -2.65. The van der Waals surface area contributed by atoms with Crippen LogP contribution in [0.25, 0.3) is 0 Å². The normalized spacial score (nSPS) is 34.9. The third-order valence-electron chi connectivity index (χ3n) is 16.2. The number of allylic oxidation sites excluding steroid dienone is 3. The molecule has 31 heteroatoms. The van der Waals surface area contributed by atoms with Gasteiger partial charge in [0, 0.05) is 61.0 Å². The van der Waals surface area contributed by atoms with E-state index >= 15 is 0 Å². The number of likely N-dealkylation sites (N-methyl/N-ethyl adjacent to an activating group) is 1. The molecule has 2 amide bonds. The number of aliphatic hydroxyl groups excluding tert-OH is 3. The summed E-state index contributed by atoms with van der Waals surface area (Å²) in [5.41, 5.74) is 6.41. The monoisotopic (exact) mass is 1450 g/mol. The number of benzene rings is 1. The summed E-state index contributed by atoms with van der Waals surface area (Å²) in [5, 5.41) is 52.2. The van der Waals surface area contributed by atoms with Crippen LogP contribution in [0, 0.1) is 40.1 Å². The second-order valence-corrected chi connectivity index (χ2v) is 28.3. The number of rotatable bonds is 25. The Kier molecular flexibility index (Phi) is 25.2. The Morgan fingerprint density at radius 2 is 1.65 bits per heavy atom. The number of nitrogens with two attached hydrogens (primary N) is 1. The number of ketones is 2. The van der Waals surface area contributed by atoms with Crippen LogP contribution in [-0.4, -0.2) is 224 Å². The lowest BCUT2D eigenvalue weighted by molar-refractivity contribution is -0.338. The molecule has 2 aliphatic carbocycles. The first-order valence-electron chi connectivity index (χ1n) is 29.1. The van der Waals surface area contributed by atoms with Gasteiger partial charge in [-0.2, -0.15) is 5.48 Å². The highest BCUT2D eigenvalue weighted by molar-refractivity contribution is 14.1. The molecule has 1 aromatic rings. The van der Waals surface area contributed by atoms with E-state index in [-0.39, 0.29) is 77.1 Å². The number of hydroxylamine groups is 1. The zero-order valence-electron chi connectivity index (χ0n) is 52.2. The van der Waals surface area contributed by atoms with Crippen molar-refractivity contribution in [1.29, 1.82) is 0 Å². The lowest BCUT2D eigenvalue weighted by atomic mass is 9.75. The number of ether oxygens (including phenoxy) is 13. The van der Waals surface area contributed by atoms with Crippen LogP contribution in [0.4, 0.5) is 4.79 Å². The molecule has 7 aliphatic rings.